The first-order valence-electron chi connectivity index (χ1n) is 9.53. The van der Waals surface area contributed by atoms with Gasteiger partial charge in [0, 0.05) is 22.7 Å². The van der Waals surface area contributed by atoms with Gasteiger partial charge in [-0.1, -0.05) is 41.4 Å². The molecule has 1 aromatic heterocycles. The van der Waals surface area contributed by atoms with Crippen LogP contribution in [-0.4, -0.2) is 4.92 Å². The number of rotatable bonds is 5. The second kappa shape index (κ2) is 8.24. The molecule has 3 aromatic carbocycles. The summed E-state index contributed by atoms with van der Waals surface area (Å²) in [6, 6.07) is 16.9. The van der Waals surface area contributed by atoms with Crippen molar-refractivity contribution in [3.8, 4) is 17.1 Å². The van der Waals surface area contributed by atoms with Crippen LogP contribution in [0.25, 0.3) is 22.3 Å². The fraction of sp³-hybridized carbons (Fsp3) is 0.125. The minimum Gasteiger partial charge on any atom is -0.481 e. The molecule has 0 saturated carbocycles. The third-order valence-corrected chi connectivity index (χ3v) is 5.38. The highest BCUT2D eigenvalue weighted by atomic mass is 35.5. The van der Waals surface area contributed by atoms with Crippen molar-refractivity contribution >= 4 is 28.3 Å². The zero-order valence-electron chi connectivity index (χ0n) is 16.8. The smallest absolute Gasteiger partial charge is 0.269 e. The van der Waals surface area contributed by atoms with Gasteiger partial charge >= 0.3 is 0 Å². The highest BCUT2D eigenvalue weighted by Gasteiger charge is 2.19. The third-order valence-electron chi connectivity index (χ3n) is 4.97. The second-order valence-corrected chi connectivity index (χ2v) is 7.67. The summed E-state index contributed by atoms with van der Waals surface area (Å²) in [5, 5.41) is 11.6. The Morgan fingerprint density at radius 1 is 1.03 bits per heavy atom. The number of nitro groups is 1. The zero-order valence-corrected chi connectivity index (χ0v) is 17.6. The maximum Gasteiger partial charge on any atom is 0.269 e. The van der Waals surface area contributed by atoms with Crippen LogP contribution in [0, 0.1) is 24.0 Å². The lowest BCUT2D eigenvalue weighted by atomic mass is 10.1. The Balaban J connectivity index is 1.81. The van der Waals surface area contributed by atoms with Crippen molar-refractivity contribution in [2.45, 2.75) is 20.5 Å². The molecule has 7 heteroatoms. The van der Waals surface area contributed by atoms with E-state index in [-0.39, 0.29) is 23.5 Å². The van der Waals surface area contributed by atoms with E-state index >= 15 is 0 Å². The van der Waals surface area contributed by atoms with E-state index in [4.69, 9.17) is 20.8 Å². The standard InChI is InChI=1S/C24H18ClNO5/c1-14-3-7-17(8-4-14)23-24(30-13-16-5-9-18(10-6-16)26(28)29)22(27)19-12-20(25)15(2)11-21(19)31-23/h3-12H,13H2,1-2H3. The molecule has 0 bridgehead atoms. The Bertz CT molecular complexity index is 1340. The minimum atomic E-state index is -0.468. The largest absolute Gasteiger partial charge is 0.481 e. The zero-order chi connectivity index (χ0) is 22.1. The molecule has 0 radical (unpaired) electrons. The lowest BCUT2D eigenvalue weighted by Crippen LogP contribution is -2.10. The van der Waals surface area contributed by atoms with Gasteiger partial charge in [-0.3, -0.25) is 14.9 Å². The summed E-state index contributed by atoms with van der Waals surface area (Å²) >= 11 is 6.22. The number of benzene rings is 3. The van der Waals surface area contributed by atoms with Crippen molar-refractivity contribution in [3.63, 3.8) is 0 Å². The average molecular weight is 436 g/mol. The normalized spacial score (nSPS) is 10.9. The number of ether oxygens (including phenoxy) is 1. The van der Waals surface area contributed by atoms with Gasteiger partial charge in [-0.15, -0.1) is 0 Å². The van der Waals surface area contributed by atoms with E-state index in [2.05, 4.69) is 0 Å². The fourth-order valence-corrected chi connectivity index (χ4v) is 3.36. The number of fused-ring (bicyclic) bond motifs is 1. The Hall–Kier alpha value is -3.64. The summed E-state index contributed by atoms with van der Waals surface area (Å²) in [6.45, 7) is 3.86. The molecule has 0 N–H and O–H groups in total. The van der Waals surface area contributed by atoms with Crippen molar-refractivity contribution in [2.24, 2.45) is 0 Å². The third kappa shape index (κ3) is 4.15. The molecule has 6 nitrogen and oxygen atoms in total. The Kier molecular flexibility index (Phi) is 5.48. The first-order valence-corrected chi connectivity index (χ1v) is 9.91. The molecule has 0 fully saturated rings. The Labute approximate surface area is 182 Å². The van der Waals surface area contributed by atoms with Gasteiger partial charge in [0.2, 0.25) is 11.2 Å². The molecule has 31 heavy (non-hydrogen) atoms. The SMILES string of the molecule is Cc1ccc(-c2oc3cc(C)c(Cl)cc3c(=O)c2OCc2ccc([N+](=O)[O-])cc2)cc1. The van der Waals surface area contributed by atoms with E-state index in [1.807, 2.05) is 38.1 Å². The van der Waals surface area contributed by atoms with Gasteiger partial charge in [0.05, 0.1) is 10.3 Å². The van der Waals surface area contributed by atoms with Crippen LogP contribution in [0.3, 0.4) is 0 Å². The second-order valence-electron chi connectivity index (χ2n) is 7.27. The van der Waals surface area contributed by atoms with E-state index in [0.29, 0.717) is 32.9 Å². The molecular weight excluding hydrogens is 418 g/mol. The number of nitro benzene ring substituents is 1. The molecular formula is C24H18ClNO5. The van der Waals surface area contributed by atoms with Gasteiger partial charge in [0.25, 0.3) is 5.69 Å². The van der Waals surface area contributed by atoms with Crippen molar-refractivity contribution in [1.82, 2.24) is 0 Å². The molecule has 0 atom stereocenters. The van der Waals surface area contributed by atoms with Gasteiger partial charge < -0.3 is 9.15 Å². The molecule has 4 aromatic rings. The van der Waals surface area contributed by atoms with Crippen molar-refractivity contribution in [3.05, 3.63) is 103 Å². The summed E-state index contributed by atoms with van der Waals surface area (Å²) in [4.78, 5) is 23.7. The Morgan fingerprint density at radius 3 is 2.35 bits per heavy atom. The number of halogens is 1. The highest BCUT2D eigenvalue weighted by Crippen LogP contribution is 2.33. The monoisotopic (exact) mass is 435 g/mol. The van der Waals surface area contributed by atoms with Crippen molar-refractivity contribution < 1.29 is 14.1 Å². The molecule has 0 unspecified atom stereocenters. The molecule has 0 saturated heterocycles. The predicted octanol–water partition coefficient (Wildman–Crippen LogP) is 6.22. The molecule has 0 amide bonds. The number of aryl methyl sites for hydroxylation is 2. The van der Waals surface area contributed by atoms with E-state index in [9.17, 15) is 14.9 Å². The van der Waals surface area contributed by atoms with Crippen molar-refractivity contribution in [1.29, 1.82) is 0 Å². The maximum absolute atomic E-state index is 13.3. The molecule has 0 spiro atoms. The first kappa shape index (κ1) is 20.6. The van der Waals surface area contributed by atoms with Gasteiger partial charge in [-0.05, 0) is 49.2 Å². The summed E-state index contributed by atoms with van der Waals surface area (Å²) in [5.41, 5.74) is 3.33. The molecule has 1 heterocycles. The van der Waals surface area contributed by atoms with Gasteiger partial charge in [0.15, 0.2) is 5.76 Å². The summed E-state index contributed by atoms with van der Waals surface area (Å²) in [7, 11) is 0. The number of nitrogens with zero attached hydrogens (tertiary/aromatic N) is 1. The summed E-state index contributed by atoms with van der Waals surface area (Å²) in [6.07, 6.45) is 0. The van der Waals surface area contributed by atoms with Crippen molar-refractivity contribution in [2.75, 3.05) is 0 Å². The first-order chi connectivity index (χ1) is 14.8. The van der Waals surface area contributed by atoms with E-state index in [1.165, 1.54) is 12.1 Å². The molecule has 0 aliphatic heterocycles. The van der Waals surface area contributed by atoms with Crippen LogP contribution in [0.15, 0.2) is 69.9 Å². The lowest BCUT2D eigenvalue weighted by molar-refractivity contribution is -0.384. The Morgan fingerprint density at radius 2 is 1.71 bits per heavy atom. The van der Waals surface area contributed by atoms with Crippen LogP contribution < -0.4 is 10.2 Å². The topological polar surface area (TPSA) is 82.6 Å². The number of hydrogen-bond donors (Lipinski definition) is 0. The predicted molar refractivity (Wildman–Crippen MR) is 120 cm³/mol. The molecule has 156 valence electrons. The molecule has 4 rings (SSSR count). The van der Waals surface area contributed by atoms with Crippen LogP contribution in [0.1, 0.15) is 16.7 Å². The van der Waals surface area contributed by atoms with Gasteiger partial charge in [-0.2, -0.15) is 0 Å². The number of hydrogen-bond acceptors (Lipinski definition) is 5. The summed E-state index contributed by atoms with van der Waals surface area (Å²) < 4.78 is 12.0. The van der Waals surface area contributed by atoms with Crippen LogP contribution in [0.2, 0.25) is 5.02 Å². The van der Waals surface area contributed by atoms with Gasteiger partial charge in [-0.25, -0.2) is 0 Å². The maximum atomic E-state index is 13.3. The van der Waals surface area contributed by atoms with E-state index in [0.717, 1.165) is 11.1 Å². The quantitative estimate of drug-likeness (QED) is 0.274. The van der Waals surface area contributed by atoms with Crippen LogP contribution in [0.4, 0.5) is 5.69 Å². The van der Waals surface area contributed by atoms with E-state index in [1.54, 1.807) is 24.3 Å². The lowest BCUT2D eigenvalue weighted by Gasteiger charge is -2.13. The molecule has 0 aliphatic carbocycles. The average Bonchev–Trinajstić information content (AvgIpc) is 2.75. The summed E-state index contributed by atoms with van der Waals surface area (Å²) in [5.74, 6) is 0.385. The van der Waals surface area contributed by atoms with E-state index < -0.39 is 4.92 Å². The number of non-ortho nitro benzene ring substituents is 1. The molecule has 0 aliphatic rings. The van der Waals surface area contributed by atoms with Crippen LogP contribution in [0.5, 0.6) is 5.75 Å². The fourth-order valence-electron chi connectivity index (χ4n) is 3.19. The van der Waals surface area contributed by atoms with Gasteiger partial charge in [0.1, 0.15) is 12.2 Å². The van der Waals surface area contributed by atoms with Crippen LogP contribution in [-0.2, 0) is 6.61 Å². The van der Waals surface area contributed by atoms with Crippen LogP contribution >= 0.6 is 11.6 Å². The minimum absolute atomic E-state index is 0.0145. The highest BCUT2D eigenvalue weighted by molar-refractivity contribution is 6.32.